The summed E-state index contributed by atoms with van der Waals surface area (Å²) in [5.41, 5.74) is 1.18. The summed E-state index contributed by atoms with van der Waals surface area (Å²) in [5, 5.41) is 8.19. The molecule has 0 spiro atoms. The Morgan fingerprint density at radius 2 is 2.08 bits per heavy atom. The van der Waals surface area contributed by atoms with Crippen LogP contribution in [0.15, 0.2) is 45.4 Å². The van der Waals surface area contributed by atoms with E-state index in [2.05, 4.69) is 21.2 Å². The van der Waals surface area contributed by atoms with Crippen LogP contribution in [0.1, 0.15) is 23.8 Å². The van der Waals surface area contributed by atoms with Crippen LogP contribution >= 0.6 is 0 Å². The molecule has 3 heterocycles. The molecule has 26 heavy (non-hydrogen) atoms. The lowest BCUT2D eigenvalue weighted by molar-refractivity contribution is 0.287. The van der Waals surface area contributed by atoms with Crippen LogP contribution in [0.25, 0.3) is 11.7 Å². The van der Waals surface area contributed by atoms with Crippen LogP contribution in [0.5, 0.6) is 11.5 Å². The highest BCUT2D eigenvalue weighted by atomic mass is 16.5. The van der Waals surface area contributed by atoms with E-state index in [1.807, 2.05) is 12.1 Å². The third kappa shape index (κ3) is 3.17. The number of hydrogen-bond acceptors (Lipinski definition) is 7. The van der Waals surface area contributed by atoms with Crippen molar-refractivity contribution in [2.75, 3.05) is 27.3 Å². The standard InChI is InChI=1S/C19H21N3O4/c1-23-15-6-3-5-14(18(15)24-2)13-8-9-22(11-13)12-17-20-21-19(26-17)16-7-4-10-25-16/h3-7,10,13H,8-9,11-12H2,1-2H3. The molecule has 7 heteroatoms. The SMILES string of the molecule is COc1cccc(C2CCN(Cc3nnc(-c4ccco4)o3)C2)c1OC. The largest absolute Gasteiger partial charge is 0.493 e. The Kier molecular flexibility index (Phi) is 4.62. The molecule has 1 aliphatic heterocycles. The molecule has 1 saturated heterocycles. The van der Waals surface area contributed by atoms with Gasteiger partial charge in [-0.05, 0) is 31.2 Å². The van der Waals surface area contributed by atoms with Gasteiger partial charge in [-0.25, -0.2) is 0 Å². The number of para-hydroxylation sites is 1. The zero-order valence-corrected chi connectivity index (χ0v) is 14.8. The van der Waals surface area contributed by atoms with Crippen molar-refractivity contribution < 1.29 is 18.3 Å². The molecule has 0 amide bonds. The molecule has 0 aliphatic carbocycles. The van der Waals surface area contributed by atoms with E-state index in [-0.39, 0.29) is 0 Å². The fourth-order valence-electron chi connectivity index (χ4n) is 3.47. The molecule has 1 fully saturated rings. The van der Waals surface area contributed by atoms with Gasteiger partial charge in [0.25, 0.3) is 5.89 Å². The van der Waals surface area contributed by atoms with Gasteiger partial charge in [0.2, 0.25) is 5.89 Å². The first-order valence-electron chi connectivity index (χ1n) is 8.58. The summed E-state index contributed by atoms with van der Waals surface area (Å²) in [5.74, 6) is 3.56. The zero-order valence-electron chi connectivity index (χ0n) is 14.8. The molecular weight excluding hydrogens is 334 g/mol. The van der Waals surface area contributed by atoms with Crippen molar-refractivity contribution in [3.05, 3.63) is 48.0 Å². The van der Waals surface area contributed by atoms with Crippen LogP contribution in [-0.4, -0.2) is 42.4 Å². The second-order valence-corrected chi connectivity index (χ2v) is 6.28. The first kappa shape index (κ1) is 16.7. The zero-order chi connectivity index (χ0) is 17.9. The van der Waals surface area contributed by atoms with E-state index in [9.17, 15) is 0 Å². The van der Waals surface area contributed by atoms with Crippen molar-refractivity contribution in [1.29, 1.82) is 0 Å². The Bertz CT molecular complexity index is 860. The van der Waals surface area contributed by atoms with Crippen molar-refractivity contribution in [2.24, 2.45) is 0 Å². The van der Waals surface area contributed by atoms with Crippen molar-refractivity contribution in [3.63, 3.8) is 0 Å². The molecule has 0 N–H and O–H groups in total. The Hall–Kier alpha value is -2.80. The van der Waals surface area contributed by atoms with E-state index in [1.165, 1.54) is 5.56 Å². The number of likely N-dealkylation sites (tertiary alicyclic amines) is 1. The lowest BCUT2D eigenvalue weighted by atomic mass is 9.97. The van der Waals surface area contributed by atoms with E-state index in [4.69, 9.17) is 18.3 Å². The molecule has 1 aromatic carbocycles. The highest BCUT2D eigenvalue weighted by Crippen LogP contribution is 2.39. The number of ether oxygens (including phenoxy) is 2. The van der Waals surface area contributed by atoms with E-state index in [1.54, 1.807) is 32.6 Å². The average molecular weight is 355 g/mol. The molecular formula is C19H21N3O4. The minimum Gasteiger partial charge on any atom is -0.493 e. The van der Waals surface area contributed by atoms with E-state index in [0.717, 1.165) is 31.0 Å². The van der Waals surface area contributed by atoms with Gasteiger partial charge in [0.05, 0.1) is 27.0 Å². The summed E-state index contributed by atoms with van der Waals surface area (Å²) >= 11 is 0. The van der Waals surface area contributed by atoms with Crippen LogP contribution < -0.4 is 9.47 Å². The third-order valence-electron chi connectivity index (χ3n) is 4.70. The van der Waals surface area contributed by atoms with Gasteiger partial charge in [-0.3, -0.25) is 4.90 Å². The van der Waals surface area contributed by atoms with Crippen molar-refractivity contribution in [3.8, 4) is 23.1 Å². The second kappa shape index (κ2) is 7.21. The Morgan fingerprint density at radius 1 is 1.15 bits per heavy atom. The Balaban J connectivity index is 1.45. The maximum absolute atomic E-state index is 5.71. The lowest BCUT2D eigenvalue weighted by Crippen LogP contribution is -2.20. The van der Waals surface area contributed by atoms with Crippen LogP contribution in [0, 0.1) is 0 Å². The number of benzene rings is 1. The minimum atomic E-state index is 0.382. The number of furan rings is 1. The van der Waals surface area contributed by atoms with Gasteiger partial charge in [-0.15, -0.1) is 10.2 Å². The molecule has 7 nitrogen and oxygen atoms in total. The topological polar surface area (TPSA) is 73.8 Å². The maximum Gasteiger partial charge on any atom is 0.283 e. The smallest absolute Gasteiger partial charge is 0.283 e. The summed E-state index contributed by atoms with van der Waals surface area (Å²) in [6.07, 6.45) is 2.63. The predicted molar refractivity (Wildman–Crippen MR) is 94.2 cm³/mol. The monoisotopic (exact) mass is 355 g/mol. The van der Waals surface area contributed by atoms with Gasteiger partial charge in [-0.1, -0.05) is 12.1 Å². The number of hydrogen-bond donors (Lipinski definition) is 0. The van der Waals surface area contributed by atoms with E-state index in [0.29, 0.717) is 30.0 Å². The molecule has 1 unspecified atom stereocenters. The Labute approximate surface area is 151 Å². The summed E-state index contributed by atoms with van der Waals surface area (Å²) in [4.78, 5) is 2.31. The van der Waals surface area contributed by atoms with Crippen LogP contribution in [-0.2, 0) is 6.54 Å². The van der Waals surface area contributed by atoms with Crippen LogP contribution in [0.4, 0.5) is 0 Å². The normalized spacial score (nSPS) is 17.5. The fourth-order valence-corrected chi connectivity index (χ4v) is 3.47. The highest BCUT2D eigenvalue weighted by molar-refractivity contribution is 5.48. The average Bonchev–Trinajstić information content (AvgIpc) is 3.42. The van der Waals surface area contributed by atoms with Crippen molar-refractivity contribution in [1.82, 2.24) is 15.1 Å². The van der Waals surface area contributed by atoms with Crippen molar-refractivity contribution >= 4 is 0 Å². The number of nitrogens with zero attached hydrogens (tertiary/aromatic N) is 3. The van der Waals surface area contributed by atoms with Crippen LogP contribution in [0.3, 0.4) is 0 Å². The first-order valence-corrected chi connectivity index (χ1v) is 8.58. The predicted octanol–water partition coefficient (Wildman–Crippen LogP) is 3.34. The molecule has 0 bridgehead atoms. The highest BCUT2D eigenvalue weighted by Gasteiger charge is 2.28. The van der Waals surface area contributed by atoms with Crippen LogP contribution in [0.2, 0.25) is 0 Å². The number of rotatable bonds is 6. The molecule has 4 rings (SSSR count). The summed E-state index contributed by atoms with van der Waals surface area (Å²) < 4.78 is 22.0. The third-order valence-corrected chi connectivity index (χ3v) is 4.70. The summed E-state index contributed by atoms with van der Waals surface area (Å²) in [7, 11) is 3.34. The quantitative estimate of drug-likeness (QED) is 0.671. The maximum atomic E-state index is 5.71. The number of methoxy groups -OCH3 is 2. The second-order valence-electron chi connectivity index (χ2n) is 6.28. The first-order chi connectivity index (χ1) is 12.8. The minimum absolute atomic E-state index is 0.382. The lowest BCUT2D eigenvalue weighted by Gasteiger charge is -2.18. The molecule has 0 radical (unpaired) electrons. The molecule has 0 saturated carbocycles. The molecule has 3 aromatic rings. The van der Waals surface area contributed by atoms with Gasteiger partial charge in [0.15, 0.2) is 17.3 Å². The van der Waals surface area contributed by atoms with Crippen molar-refractivity contribution in [2.45, 2.75) is 18.9 Å². The molecule has 1 aliphatic rings. The summed E-state index contributed by atoms with van der Waals surface area (Å²) in [6.45, 7) is 2.49. The van der Waals surface area contributed by atoms with Gasteiger partial charge in [0.1, 0.15) is 0 Å². The molecule has 136 valence electrons. The molecule has 2 aromatic heterocycles. The van der Waals surface area contributed by atoms with Gasteiger partial charge in [0, 0.05) is 18.0 Å². The molecule has 1 atom stereocenters. The van der Waals surface area contributed by atoms with Gasteiger partial charge in [-0.2, -0.15) is 0 Å². The van der Waals surface area contributed by atoms with E-state index >= 15 is 0 Å². The Morgan fingerprint density at radius 3 is 2.85 bits per heavy atom. The van der Waals surface area contributed by atoms with E-state index < -0.39 is 0 Å². The van der Waals surface area contributed by atoms with Gasteiger partial charge < -0.3 is 18.3 Å². The fraction of sp³-hybridized carbons (Fsp3) is 0.368. The summed E-state index contributed by atoms with van der Waals surface area (Å²) in [6, 6.07) is 9.64. The number of aromatic nitrogens is 2. The van der Waals surface area contributed by atoms with Gasteiger partial charge >= 0.3 is 0 Å².